The molecule has 0 spiro atoms. The lowest BCUT2D eigenvalue weighted by molar-refractivity contribution is 0.0786. The van der Waals surface area contributed by atoms with Crippen LogP contribution in [0.3, 0.4) is 0 Å². The number of hydrogen-bond acceptors (Lipinski definition) is 5. The van der Waals surface area contributed by atoms with Crippen LogP contribution in [0.25, 0.3) is 21.7 Å². The second-order valence-corrected chi connectivity index (χ2v) is 9.05. The summed E-state index contributed by atoms with van der Waals surface area (Å²) in [4.78, 5) is 20.2. The van der Waals surface area contributed by atoms with Gasteiger partial charge in [-0.25, -0.2) is 4.98 Å². The molecule has 0 fully saturated rings. The zero-order valence-electron chi connectivity index (χ0n) is 18.1. The van der Waals surface area contributed by atoms with E-state index in [-0.39, 0.29) is 5.56 Å². The van der Waals surface area contributed by atoms with E-state index in [4.69, 9.17) is 28.2 Å². The van der Waals surface area contributed by atoms with E-state index in [1.54, 1.807) is 63.4 Å². The van der Waals surface area contributed by atoms with E-state index >= 15 is 0 Å². The monoisotopic (exact) mass is 481 g/mol. The summed E-state index contributed by atoms with van der Waals surface area (Å²) in [5, 5.41) is 25.2. The molecule has 8 heteroatoms. The molecule has 0 bridgehead atoms. The first-order valence-corrected chi connectivity index (χ1v) is 10.9. The maximum Gasteiger partial charge on any atom is 0.256 e. The number of aromatic nitrogens is 2. The van der Waals surface area contributed by atoms with Gasteiger partial charge in [-0.3, -0.25) is 4.79 Å². The Morgan fingerprint density at radius 1 is 1.12 bits per heavy atom. The zero-order chi connectivity index (χ0) is 23.9. The number of rotatable bonds is 3. The highest BCUT2D eigenvalue weighted by Gasteiger charge is 2.21. The number of nitrogens with one attached hydrogen (secondary N) is 2. The summed E-state index contributed by atoms with van der Waals surface area (Å²) in [5.41, 5.74) is 0.828. The van der Waals surface area contributed by atoms with Crippen molar-refractivity contribution >= 4 is 56.4 Å². The van der Waals surface area contributed by atoms with Gasteiger partial charge in [0.05, 0.1) is 32.2 Å². The minimum atomic E-state index is -1.11. The Bertz CT molecular complexity index is 1490. The molecular formula is C25H21Cl2N3O3. The van der Waals surface area contributed by atoms with E-state index in [9.17, 15) is 15.0 Å². The predicted molar refractivity (Wildman–Crippen MR) is 133 cm³/mol. The van der Waals surface area contributed by atoms with Crippen LogP contribution in [0.4, 0.5) is 11.5 Å². The smallest absolute Gasteiger partial charge is 0.256 e. The van der Waals surface area contributed by atoms with Gasteiger partial charge in [0.1, 0.15) is 11.9 Å². The van der Waals surface area contributed by atoms with E-state index in [2.05, 4.69) is 22.1 Å². The van der Waals surface area contributed by atoms with Gasteiger partial charge < -0.3 is 20.5 Å². The van der Waals surface area contributed by atoms with Gasteiger partial charge in [0, 0.05) is 22.5 Å². The van der Waals surface area contributed by atoms with Gasteiger partial charge in [-0.2, -0.15) is 0 Å². The van der Waals surface area contributed by atoms with Gasteiger partial charge in [0.15, 0.2) is 0 Å². The molecule has 0 saturated heterocycles. The highest BCUT2D eigenvalue weighted by atomic mass is 35.5. The Hall–Kier alpha value is -3.08. The molecule has 0 saturated carbocycles. The number of anilines is 2. The number of aliphatic hydroxyl groups is 2. The van der Waals surface area contributed by atoms with Crippen molar-refractivity contribution in [2.24, 2.45) is 0 Å². The third-order valence-electron chi connectivity index (χ3n) is 5.13. The molecular weight excluding hydrogens is 461 g/mol. The van der Waals surface area contributed by atoms with E-state index in [1.807, 2.05) is 0 Å². The Kier molecular flexibility index (Phi) is 6.08. The molecule has 0 aliphatic rings. The first kappa shape index (κ1) is 23.1. The summed E-state index contributed by atoms with van der Waals surface area (Å²) in [6, 6.07) is 10.3. The van der Waals surface area contributed by atoms with E-state index in [0.717, 1.165) is 0 Å². The second-order valence-electron chi connectivity index (χ2n) is 8.23. The van der Waals surface area contributed by atoms with Crippen LogP contribution in [0, 0.1) is 11.8 Å². The van der Waals surface area contributed by atoms with Crippen molar-refractivity contribution in [2.45, 2.75) is 32.5 Å². The number of aromatic amines is 1. The van der Waals surface area contributed by atoms with Crippen molar-refractivity contribution in [2.75, 3.05) is 5.32 Å². The third kappa shape index (κ3) is 4.68. The van der Waals surface area contributed by atoms with Crippen molar-refractivity contribution in [3.8, 4) is 11.8 Å². The number of pyridine rings is 2. The normalized spacial score (nSPS) is 12.5. The Balaban J connectivity index is 1.91. The third-order valence-corrected chi connectivity index (χ3v) is 5.73. The van der Waals surface area contributed by atoms with Gasteiger partial charge in [-0.05, 0) is 62.7 Å². The first-order valence-electron chi connectivity index (χ1n) is 10.2. The summed E-state index contributed by atoms with van der Waals surface area (Å²) in [5.74, 6) is 6.01. The molecule has 0 aliphatic carbocycles. The molecule has 4 N–H and O–H groups in total. The lowest BCUT2D eigenvalue weighted by Crippen LogP contribution is -2.15. The molecule has 168 valence electrons. The zero-order valence-corrected chi connectivity index (χ0v) is 19.6. The van der Waals surface area contributed by atoms with E-state index < -0.39 is 11.7 Å². The summed E-state index contributed by atoms with van der Waals surface area (Å²) >= 11 is 13.0. The van der Waals surface area contributed by atoms with Gasteiger partial charge in [-0.1, -0.05) is 35.0 Å². The molecule has 2 aromatic carbocycles. The molecule has 0 amide bonds. The second kappa shape index (κ2) is 8.69. The molecule has 1 atom stereocenters. The number of halogens is 2. The van der Waals surface area contributed by atoms with Crippen LogP contribution in [-0.4, -0.2) is 26.3 Å². The fourth-order valence-corrected chi connectivity index (χ4v) is 4.06. The molecule has 0 unspecified atom stereocenters. The maximum absolute atomic E-state index is 12.8. The minimum Gasteiger partial charge on any atom is -0.386 e. The molecule has 0 radical (unpaired) electrons. The summed E-state index contributed by atoms with van der Waals surface area (Å²) in [7, 11) is 0. The predicted octanol–water partition coefficient (Wildman–Crippen LogP) is 5.09. The average molecular weight is 482 g/mol. The number of nitrogens with zero attached hydrogens (tertiary/aromatic N) is 1. The van der Waals surface area contributed by atoms with Crippen LogP contribution in [-0.2, 0) is 5.60 Å². The summed E-state index contributed by atoms with van der Waals surface area (Å²) in [6.45, 7) is 4.87. The Morgan fingerprint density at radius 2 is 1.82 bits per heavy atom. The molecule has 0 aliphatic heterocycles. The van der Waals surface area contributed by atoms with Crippen LogP contribution in [0.2, 0.25) is 10.0 Å². The van der Waals surface area contributed by atoms with Gasteiger partial charge in [0.2, 0.25) is 0 Å². The molecule has 2 heterocycles. The van der Waals surface area contributed by atoms with Crippen molar-refractivity contribution in [3.05, 3.63) is 74.1 Å². The van der Waals surface area contributed by atoms with Crippen molar-refractivity contribution in [1.82, 2.24) is 9.97 Å². The number of aliphatic hydroxyl groups excluding tert-OH is 1. The van der Waals surface area contributed by atoms with E-state index in [1.165, 1.54) is 0 Å². The number of benzene rings is 2. The van der Waals surface area contributed by atoms with Crippen molar-refractivity contribution < 1.29 is 10.2 Å². The summed E-state index contributed by atoms with van der Waals surface area (Å²) < 4.78 is 0. The average Bonchev–Trinajstić information content (AvgIpc) is 2.74. The SMILES string of the molecule is C[C@@H](O)C#Cc1ccc2nc(Nc3c(Cl)cc(C(C)(C)O)cc3Cl)c3cc[nH]c(=O)c3c2c1. The lowest BCUT2D eigenvalue weighted by atomic mass is 9.98. The molecule has 4 rings (SSSR count). The van der Waals surface area contributed by atoms with Gasteiger partial charge >= 0.3 is 0 Å². The van der Waals surface area contributed by atoms with Crippen molar-refractivity contribution in [3.63, 3.8) is 0 Å². The van der Waals surface area contributed by atoms with Gasteiger partial charge in [0.25, 0.3) is 5.56 Å². The first-order chi connectivity index (χ1) is 15.5. The van der Waals surface area contributed by atoms with Crippen LogP contribution in [0.1, 0.15) is 31.9 Å². The molecule has 33 heavy (non-hydrogen) atoms. The molecule has 6 nitrogen and oxygen atoms in total. The number of H-pyrrole nitrogens is 1. The van der Waals surface area contributed by atoms with Crippen LogP contribution < -0.4 is 10.9 Å². The van der Waals surface area contributed by atoms with E-state index in [0.29, 0.717) is 54.4 Å². The minimum absolute atomic E-state index is 0.279. The fourth-order valence-electron chi connectivity index (χ4n) is 3.48. The highest BCUT2D eigenvalue weighted by molar-refractivity contribution is 6.39. The molecule has 2 aromatic heterocycles. The largest absolute Gasteiger partial charge is 0.386 e. The molecule has 4 aromatic rings. The number of hydrogen-bond donors (Lipinski definition) is 4. The quantitative estimate of drug-likeness (QED) is 0.241. The lowest BCUT2D eigenvalue weighted by Gasteiger charge is -2.20. The number of fused-ring (bicyclic) bond motifs is 3. The highest BCUT2D eigenvalue weighted by Crippen LogP contribution is 2.38. The Morgan fingerprint density at radius 3 is 2.45 bits per heavy atom. The van der Waals surface area contributed by atoms with Crippen molar-refractivity contribution in [1.29, 1.82) is 0 Å². The van der Waals surface area contributed by atoms with Crippen LogP contribution >= 0.6 is 23.2 Å². The summed E-state index contributed by atoms with van der Waals surface area (Å²) in [6.07, 6.45) is 0.781. The Labute approximate surface area is 200 Å². The topological polar surface area (TPSA) is 98.2 Å². The van der Waals surface area contributed by atoms with Crippen LogP contribution in [0.15, 0.2) is 47.4 Å². The maximum atomic E-state index is 12.8. The standard InChI is InChI=1S/C25H21Cl2N3O3/c1-13(31)4-5-14-6-7-20-17(10-14)21-16(8-9-28-24(21)32)23(29-20)30-22-18(26)11-15(12-19(22)27)25(2,3)33/h6-13,31,33H,1-3H3,(H,28,32)(H,29,30)/t13-/m1/s1. The van der Waals surface area contributed by atoms with Gasteiger partial charge in [-0.15, -0.1) is 0 Å². The fraction of sp³-hybridized carbons (Fsp3) is 0.200. The van der Waals surface area contributed by atoms with Crippen LogP contribution in [0.5, 0.6) is 0 Å².